The van der Waals surface area contributed by atoms with Crippen molar-refractivity contribution in [2.75, 3.05) is 31.5 Å². The topological polar surface area (TPSA) is 61.9 Å². The molecule has 0 unspecified atom stereocenters. The molecule has 0 saturated carbocycles. The standard InChI is InChI=1S/C23H28FN3O3/c1-3-26(4-2)23(29)27-14-12-17(13-15-27)22(28)25-19-8-10-20(11-9-19)30-21-7-5-6-18(24)16-21/h5-11,16-17H,3-4,12-15H2,1-2H3,(H,25,28). The van der Waals surface area contributed by atoms with E-state index in [0.29, 0.717) is 56.2 Å². The number of likely N-dealkylation sites (tertiary alicyclic amines) is 1. The van der Waals surface area contributed by atoms with Crippen LogP contribution in [0.3, 0.4) is 0 Å². The predicted molar refractivity (Wildman–Crippen MR) is 114 cm³/mol. The first-order valence-corrected chi connectivity index (χ1v) is 10.4. The summed E-state index contributed by atoms with van der Waals surface area (Å²) in [5, 5.41) is 2.93. The van der Waals surface area contributed by atoms with Gasteiger partial charge in [0.2, 0.25) is 5.91 Å². The van der Waals surface area contributed by atoms with Crippen molar-refractivity contribution in [2.24, 2.45) is 5.92 Å². The first-order chi connectivity index (χ1) is 14.5. The third-order valence-corrected chi connectivity index (χ3v) is 5.32. The van der Waals surface area contributed by atoms with Gasteiger partial charge in [-0.1, -0.05) is 6.07 Å². The first-order valence-electron chi connectivity index (χ1n) is 10.4. The highest BCUT2D eigenvalue weighted by Crippen LogP contribution is 2.25. The van der Waals surface area contributed by atoms with E-state index in [-0.39, 0.29) is 23.7 Å². The van der Waals surface area contributed by atoms with E-state index in [4.69, 9.17) is 4.74 Å². The molecular weight excluding hydrogens is 385 g/mol. The second-order valence-electron chi connectivity index (χ2n) is 7.29. The zero-order valence-electron chi connectivity index (χ0n) is 17.4. The van der Waals surface area contributed by atoms with Crippen LogP contribution in [0.2, 0.25) is 0 Å². The van der Waals surface area contributed by atoms with Gasteiger partial charge in [-0.15, -0.1) is 0 Å². The quantitative estimate of drug-likeness (QED) is 0.745. The number of piperidine rings is 1. The van der Waals surface area contributed by atoms with Crippen molar-refractivity contribution in [2.45, 2.75) is 26.7 Å². The molecular formula is C23H28FN3O3. The summed E-state index contributed by atoms with van der Waals surface area (Å²) < 4.78 is 18.9. The number of halogens is 1. The van der Waals surface area contributed by atoms with Crippen LogP contribution in [0, 0.1) is 11.7 Å². The van der Waals surface area contributed by atoms with Crippen molar-refractivity contribution in [3.8, 4) is 11.5 Å². The van der Waals surface area contributed by atoms with Crippen LogP contribution < -0.4 is 10.1 Å². The predicted octanol–water partition coefficient (Wildman–Crippen LogP) is 4.73. The van der Waals surface area contributed by atoms with E-state index in [1.54, 1.807) is 41.3 Å². The van der Waals surface area contributed by atoms with E-state index < -0.39 is 0 Å². The smallest absolute Gasteiger partial charge is 0.319 e. The van der Waals surface area contributed by atoms with Gasteiger partial charge < -0.3 is 19.9 Å². The van der Waals surface area contributed by atoms with Crippen LogP contribution in [0.4, 0.5) is 14.9 Å². The lowest BCUT2D eigenvalue weighted by molar-refractivity contribution is -0.121. The maximum atomic E-state index is 13.2. The van der Waals surface area contributed by atoms with Crippen LogP contribution in [0.1, 0.15) is 26.7 Å². The van der Waals surface area contributed by atoms with Gasteiger partial charge in [0.15, 0.2) is 0 Å². The molecule has 1 aliphatic heterocycles. The van der Waals surface area contributed by atoms with Gasteiger partial charge >= 0.3 is 6.03 Å². The summed E-state index contributed by atoms with van der Waals surface area (Å²) in [6, 6.07) is 12.9. The maximum absolute atomic E-state index is 13.2. The second-order valence-corrected chi connectivity index (χ2v) is 7.29. The molecule has 0 spiro atoms. The Morgan fingerprint density at radius 1 is 1.07 bits per heavy atom. The van der Waals surface area contributed by atoms with Gasteiger partial charge in [0.1, 0.15) is 17.3 Å². The highest BCUT2D eigenvalue weighted by Gasteiger charge is 2.28. The van der Waals surface area contributed by atoms with E-state index in [9.17, 15) is 14.0 Å². The van der Waals surface area contributed by atoms with Gasteiger partial charge in [0.05, 0.1) is 0 Å². The number of hydrogen-bond donors (Lipinski definition) is 1. The minimum atomic E-state index is -0.360. The van der Waals surface area contributed by atoms with Gasteiger partial charge in [-0.05, 0) is 63.1 Å². The lowest BCUT2D eigenvalue weighted by atomic mass is 9.96. The van der Waals surface area contributed by atoms with Crippen molar-refractivity contribution < 1.29 is 18.7 Å². The number of carbonyl (C=O) groups is 2. The zero-order chi connectivity index (χ0) is 21.5. The van der Waals surface area contributed by atoms with Crippen molar-refractivity contribution in [1.29, 1.82) is 0 Å². The van der Waals surface area contributed by atoms with Crippen molar-refractivity contribution in [3.63, 3.8) is 0 Å². The molecule has 6 nitrogen and oxygen atoms in total. The molecule has 2 aromatic carbocycles. The Labute approximate surface area is 176 Å². The summed E-state index contributed by atoms with van der Waals surface area (Å²) in [7, 11) is 0. The number of nitrogens with zero attached hydrogens (tertiary/aromatic N) is 2. The fourth-order valence-electron chi connectivity index (χ4n) is 3.54. The van der Waals surface area contributed by atoms with Crippen LogP contribution in [-0.4, -0.2) is 47.9 Å². The molecule has 0 bridgehead atoms. The summed E-state index contributed by atoms with van der Waals surface area (Å²) >= 11 is 0. The van der Waals surface area contributed by atoms with Gasteiger partial charge in [-0.25, -0.2) is 9.18 Å². The molecule has 3 amide bonds. The molecule has 7 heteroatoms. The van der Waals surface area contributed by atoms with Crippen LogP contribution in [0.15, 0.2) is 48.5 Å². The van der Waals surface area contributed by atoms with Crippen molar-refractivity contribution in [3.05, 3.63) is 54.3 Å². The SMILES string of the molecule is CCN(CC)C(=O)N1CCC(C(=O)Nc2ccc(Oc3cccc(F)c3)cc2)CC1. The number of rotatable bonds is 6. The highest BCUT2D eigenvalue weighted by atomic mass is 19.1. The molecule has 2 aromatic rings. The summed E-state index contributed by atoms with van der Waals surface area (Å²) in [5.74, 6) is 0.457. The van der Waals surface area contributed by atoms with E-state index in [0.717, 1.165) is 0 Å². The number of benzene rings is 2. The summed E-state index contributed by atoms with van der Waals surface area (Å²) in [6.45, 7) is 6.50. The zero-order valence-corrected chi connectivity index (χ0v) is 17.4. The Balaban J connectivity index is 1.50. The van der Waals surface area contributed by atoms with E-state index in [1.807, 2.05) is 18.7 Å². The molecule has 1 saturated heterocycles. The Morgan fingerprint density at radius 3 is 2.33 bits per heavy atom. The first kappa shape index (κ1) is 21.6. The van der Waals surface area contributed by atoms with Crippen LogP contribution >= 0.6 is 0 Å². The monoisotopic (exact) mass is 413 g/mol. The lowest BCUT2D eigenvalue weighted by Crippen LogP contribution is -2.47. The van der Waals surface area contributed by atoms with Gasteiger partial charge in [0.25, 0.3) is 0 Å². The summed E-state index contributed by atoms with van der Waals surface area (Å²) in [6.07, 6.45) is 1.30. The van der Waals surface area contributed by atoms with Crippen LogP contribution in [0.25, 0.3) is 0 Å². The maximum Gasteiger partial charge on any atom is 0.319 e. The van der Waals surface area contributed by atoms with Crippen molar-refractivity contribution >= 4 is 17.6 Å². The van der Waals surface area contributed by atoms with Gasteiger partial charge in [-0.3, -0.25) is 4.79 Å². The third-order valence-electron chi connectivity index (χ3n) is 5.32. The molecule has 0 aromatic heterocycles. The lowest BCUT2D eigenvalue weighted by Gasteiger charge is -2.34. The van der Waals surface area contributed by atoms with Crippen molar-refractivity contribution in [1.82, 2.24) is 9.80 Å². The number of ether oxygens (including phenoxy) is 1. The molecule has 3 rings (SSSR count). The Hall–Kier alpha value is -3.09. The average molecular weight is 413 g/mol. The minimum absolute atomic E-state index is 0.0382. The summed E-state index contributed by atoms with van der Waals surface area (Å²) in [5.41, 5.74) is 0.674. The number of amides is 3. The highest BCUT2D eigenvalue weighted by molar-refractivity contribution is 5.92. The third kappa shape index (κ3) is 5.49. The molecule has 160 valence electrons. The molecule has 0 radical (unpaired) electrons. The van der Waals surface area contributed by atoms with Crippen LogP contribution in [-0.2, 0) is 4.79 Å². The number of hydrogen-bond acceptors (Lipinski definition) is 3. The fraction of sp³-hybridized carbons (Fsp3) is 0.391. The van der Waals surface area contributed by atoms with E-state index in [2.05, 4.69) is 5.32 Å². The normalized spacial score (nSPS) is 14.3. The van der Waals surface area contributed by atoms with Crippen LogP contribution in [0.5, 0.6) is 11.5 Å². The fourth-order valence-corrected chi connectivity index (χ4v) is 3.54. The molecule has 1 heterocycles. The average Bonchev–Trinajstić information content (AvgIpc) is 2.76. The Kier molecular flexibility index (Phi) is 7.27. The number of anilines is 1. The molecule has 1 fully saturated rings. The van der Waals surface area contributed by atoms with E-state index >= 15 is 0 Å². The molecule has 30 heavy (non-hydrogen) atoms. The Morgan fingerprint density at radius 2 is 1.73 bits per heavy atom. The minimum Gasteiger partial charge on any atom is -0.457 e. The largest absolute Gasteiger partial charge is 0.457 e. The second kappa shape index (κ2) is 10.1. The van der Waals surface area contributed by atoms with Gasteiger partial charge in [-0.2, -0.15) is 0 Å². The molecule has 0 aliphatic carbocycles. The molecule has 1 aliphatic rings. The van der Waals surface area contributed by atoms with E-state index in [1.165, 1.54) is 12.1 Å². The number of nitrogens with one attached hydrogen (secondary N) is 1. The molecule has 1 N–H and O–H groups in total. The Bertz CT molecular complexity index is 860. The number of carbonyl (C=O) groups excluding carboxylic acids is 2. The van der Waals surface area contributed by atoms with Gasteiger partial charge in [0, 0.05) is 43.9 Å². The summed E-state index contributed by atoms with van der Waals surface area (Å²) in [4.78, 5) is 28.7. The molecule has 0 atom stereocenters. The number of urea groups is 1.